The van der Waals surface area contributed by atoms with Crippen LogP contribution in [-0.2, 0) is 18.3 Å². The van der Waals surface area contributed by atoms with Crippen molar-refractivity contribution in [3.8, 4) is 5.75 Å². The van der Waals surface area contributed by atoms with E-state index in [-0.39, 0.29) is 17.9 Å². The van der Waals surface area contributed by atoms with Gasteiger partial charge >= 0.3 is 0 Å². The van der Waals surface area contributed by atoms with E-state index in [4.69, 9.17) is 4.74 Å². The highest BCUT2D eigenvalue weighted by Gasteiger charge is 2.40. The predicted molar refractivity (Wildman–Crippen MR) is 113 cm³/mol. The van der Waals surface area contributed by atoms with Crippen molar-refractivity contribution in [1.29, 1.82) is 0 Å². The van der Waals surface area contributed by atoms with Gasteiger partial charge in [-0.3, -0.25) is 14.3 Å². The second-order valence-electron chi connectivity index (χ2n) is 8.39. The number of piperidine rings is 2. The SMILES string of the molecule is COc1ccc(CCN2C(=O)CC[C@H]3CN(C(=O)c4cc(C)nn4C)CC[C@H]32)cc1. The molecule has 2 saturated heterocycles. The van der Waals surface area contributed by atoms with Crippen LogP contribution in [-0.4, -0.2) is 64.2 Å². The number of nitrogens with zero attached hydrogens (tertiary/aromatic N) is 4. The number of rotatable bonds is 5. The van der Waals surface area contributed by atoms with E-state index in [1.54, 1.807) is 11.8 Å². The van der Waals surface area contributed by atoms with Crippen LogP contribution in [0.2, 0.25) is 0 Å². The van der Waals surface area contributed by atoms with Crippen LogP contribution in [0.3, 0.4) is 0 Å². The maximum atomic E-state index is 13.0. The Bertz CT molecular complexity index is 921. The molecule has 0 spiro atoms. The highest BCUT2D eigenvalue weighted by molar-refractivity contribution is 5.92. The van der Waals surface area contributed by atoms with Crippen LogP contribution in [0.4, 0.5) is 0 Å². The van der Waals surface area contributed by atoms with Gasteiger partial charge in [0, 0.05) is 39.1 Å². The number of amides is 2. The van der Waals surface area contributed by atoms with E-state index < -0.39 is 0 Å². The molecular weight excluding hydrogens is 380 g/mol. The number of methoxy groups -OCH3 is 1. The fourth-order valence-corrected chi connectivity index (χ4v) is 4.84. The summed E-state index contributed by atoms with van der Waals surface area (Å²) in [6.45, 7) is 4.01. The number of benzene rings is 1. The van der Waals surface area contributed by atoms with Crippen LogP contribution < -0.4 is 4.74 Å². The van der Waals surface area contributed by atoms with E-state index in [1.165, 1.54) is 5.56 Å². The second-order valence-corrected chi connectivity index (χ2v) is 8.39. The fraction of sp³-hybridized carbons (Fsp3) is 0.522. The van der Waals surface area contributed by atoms with Gasteiger partial charge in [0.1, 0.15) is 11.4 Å². The van der Waals surface area contributed by atoms with Crippen molar-refractivity contribution < 1.29 is 14.3 Å². The van der Waals surface area contributed by atoms with Crippen molar-refractivity contribution in [3.63, 3.8) is 0 Å². The number of hydrogen-bond acceptors (Lipinski definition) is 4. The fourth-order valence-electron chi connectivity index (χ4n) is 4.84. The largest absolute Gasteiger partial charge is 0.497 e. The van der Waals surface area contributed by atoms with Crippen LogP contribution in [0, 0.1) is 12.8 Å². The summed E-state index contributed by atoms with van der Waals surface area (Å²) in [6, 6.07) is 10.1. The molecule has 0 unspecified atom stereocenters. The number of aromatic nitrogens is 2. The van der Waals surface area contributed by atoms with Crippen molar-refractivity contribution >= 4 is 11.8 Å². The van der Waals surface area contributed by atoms with Crippen molar-refractivity contribution in [2.24, 2.45) is 13.0 Å². The molecule has 0 saturated carbocycles. The molecule has 2 atom stereocenters. The summed E-state index contributed by atoms with van der Waals surface area (Å²) in [6.07, 6.45) is 3.09. The van der Waals surface area contributed by atoms with Crippen molar-refractivity contribution in [1.82, 2.24) is 19.6 Å². The van der Waals surface area contributed by atoms with Gasteiger partial charge in [0.05, 0.1) is 12.8 Å². The monoisotopic (exact) mass is 410 g/mol. The van der Waals surface area contributed by atoms with E-state index in [2.05, 4.69) is 22.1 Å². The molecule has 0 bridgehead atoms. The Kier molecular flexibility index (Phi) is 5.79. The Labute approximate surface area is 177 Å². The number of aryl methyl sites for hydroxylation is 2. The topological polar surface area (TPSA) is 67.7 Å². The second kappa shape index (κ2) is 8.50. The molecule has 0 aliphatic carbocycles. The molecule has 4 rings (SSSR count). The van der Waals surface area contributed by atoms with Crippen molar-refractivity contribution in [2.75, 3.05) is 26.7 Å². The summed E-state index contributed by atoms with van der Waals surface area (Å²) < 4.78 is 6.88. The summed E-state index contributed by atoms with van der Waals surface area (Å²) in [5, 5.41) is 4.30. The van der Waals surface area contributed by atoms with Gasteiger partial charge in [-0.2, -0.15) is 5.10 Å². The van der Waals surface area contributed by atoms with Crippen LogP contribution in [0.15, 0.2) is 30.3 Å². The molecule has 2 aliphatic heterocycles. The van der Waals surface area contributed by atoms with Gasteiger partial charge in [0.25, 0.3) is 5.91 Å². The smallest absolute Gasteiger partial charge is 0.272 e. The summed E-state index contributed by atoms with van der Waals surface area (Å²) in [5.74, 6) is 1.46. The van der Waals surface area contributed by atoms with Gasteiger partial charge in [-0.05, 0) is 55.9 Å². The zero-order valence-corrected chi connectivity index (χ0v) is 18.0. The Hall–Kier alpha value is -2.83. The number of carbonyl (C=O) groups is 2. The molecule has 1 aromatic heterocycles. The molecule has 7 heteroatoms. The molecule has 2 fully saturated rings. The zero-order chi connectivity index (χ0) is 21.3. The molecule has 7 nitrogen and oxygen atoms in total. The molecule has 3 heterocycles. The lowest BCUT2D eigenvalue weighted by molar-refractivity contribution is -0.140. The standard InChI is InChI=1S/C23H30N4O3/c1-16-14-21(25(2)24-16)23(29)26-12-11-20-18(15-26)6-9-22(28)27(20)13-10-17-4-7-19(30-3)8-5-17/h4-5,7-8,14,18,20H,6,9-13,15H2,1-3H3/t18-,20+/m0/s1. The lowest BCUT2D eigenvalue weighted by atomic mass is 9.83. The zero-order valence-electron chi connectivity index (χ0n) is 18.0. The third-order valence-electron chi connectivity index (χ3n) is 6.45. The van der Waals surface area contributed by atoms with Gasteiger partial charge in [-0.25, -0.2) is 0 Å². The summed E-state index contributed by atoms with van der Waals surface area (Å²) in [5.41, 5.74) is 2.68. The average Bonchev–Trinajstić information content (AvgIpc) is 3.10. The Balaban J connectivity index is 1.40. The minimum Gasteiger partial charge on any atom is -0.497 e. The van der Waals surface area contributed by atoms with Gasteiger partial charge in [0.15, 0.2) is 0 Å². The first kappa shape index (κ1) is 20.4. The van der Waals surface area contributed by atoms with Crippen LogP contribution >= 0.6 is 0 Å². The molecule has 160 valence electrons. The molecule has 1 aromatic carbocycles. The van der Waals surface area contributed by atoms with E-state index >= 15 is 0 Å². The van der Waals surface area contributed by atoms with Crippen LogP contribution in [0.5, 0.6) is 5.75 Å². The normalized spacial score (nSPS) is 21.5. The molecule has 2 aliphatic rings. The Morgan fingerprint density at radius 1 is 1.23 bits per heavy atom. The van der Waals surface area contributed by atoms with E-state index in [0.29, 0.717) is 31.1 Å². The quantitative estimate of drug-likeness (QED) is 0.759. The number of hydrogen-bond donors (Lipinski definition) is 0. The lowest BCUT2D eigenvalue weighted by Crippen LogP contribution is -2.57. The first-order valence-corrected chi connectivity index (χ1v) is 10.7. The third-order valence-corrected chi connectivity index (χ3v) is 6.45. The van der Waals surface area contributed by atoms with Gasteiger partial charge < -0.3 is 14.5 Å². The minimum absolute atomic E-state index is 0.0400. The lowest BCUT2D eigenvalue weighted by Gasteiger charge is -2.47. The predicted octanol–water partition coefficient (Wildman–Crippen LogP) is 2.43. The first-order valence-electron chi connectivity index (χ1n) is 10.7. The number of fused-ring (bicyclic) bond motifs is 1. The summed E-state index contributed by atoms with van der Waals surface area (Å²) in [7, 11) is 3.47. The van der Waals surface area contributed by atoms with Crippen LogP contribution in [0.1, 0.15) is 41.0 Å². The van der Waals surface area contributed by atoms with Gasteiger partial charge in [-0.15, -0.1) is 0 Å². The van der Waals surface area contributed by atoms with Crippen molar-refractivity contribution in [2.45, 2.75) is 38.6 Å². The minimum atomic E-state index is 0.0400. The Morgan fingerprint density at radius 3 is 2.67 bits per heavy atom. The number of likely N-dealkylation sites (tertiary alicyclic amines) is 2. The molecule has 0 radical (unpaired) electrons. The van der Waals surface area contributed by atoms with Gasteiger partial charge in [-0.1, -0.05) is 12.1 Å². The molecule has 30 heavy (non-hydrogen) atoms. The maximum Gasteiger partial charge on any atom is 0.272 e. The average molecular weight is 411 g/mol. The third kappa shape index (κ3) is 4.06. The first-order chi connectivity index (χ1) is 14.5. The van der Waals surface area contributed by atoms with E-state index in [0.717, 1.165) is 37.3 Å². The summed E-state index contributed by atoms with van der Waals surface area (Å²) >= 11 is 0. The Morgan fingerprint density at radius 2 is 2.00 bits per heavy atom. The molecule has 0 N–H and O–H groups in total. The van der Waals surface area contributed by atoms with E-state index in [1.807, 2.05) is 37.1 Å². The van der Waals surface area contributed by atoms with Crippen molar-refractivity contribution in [3.05, 3.63) is 47.3 Å². The summed E-state index contributed by atoms with van der Waals surface area (Å²) in [4.78, 5) is 29.7. The molecular formula is C23H30N4O3. The highest BCUT2D eigenvalue weighted by atomic mass is 16.5. The highest BCUT2D eigenvalue weighted by Crippen LogP contribution is 2.32. The van der Waals surface area contributed by atoms with Crippen LogP contribution in [0.25, 0.3) is 0 Å². The molecule has 2 aromatic rings. The maximum absolute atomic E-state index is 13.0. The van der Waals surface area contributed by atoms with Gasteiger partial charge in [0.2, 0.25) is 5.91 Å². The number of ether oxygens (including phenoxy) is 1. The molecule has 2 amide bonds. The van der Waals surface area contributed by atoms with E-state index in [9.17, 15) is 9.59 Å². The number of carbonyl (C=O) groups excluding carboxylic acids is 2.